The summed E-state index contributed by atoms with van der Waals surface area (Å²) in [5.41, 5.74) is -0.392. The van der Waals surface area contributed by atoms with Crippen LogP contribution in [0.3, 0.4) is 0 Å². The van der Waals surface area contributed by atoms with Gasteiger partial charge in [0.05, 0.1) is 0 Å². The van der Waals surface area contributed by atoms with Crippen LogP contribution in [-0.2, 0) is 0 Å². The summed E-state index contributed by atoms with van der Waals surface area (Å²) in [6.07, 6.45) is 4.92. The highest BCUT2D eigenvalue weighted by atomic mass is 35.5. The Morgan fingerprint density at radius 3 is 2.59 bits per heavy atom. The van der Waals surface area contributed by atoms with Gasteiger partial charge in [-0.2, -0.15) is 15.0 Å². The Bertz CT molecular complexity index is 506. The lowest BCUT2D eigenvalue weighted by Gasteiger charge is -2.19. The summed E-state index contributed by atoms with van der Waals surface area (Å²) in [5.74, 6) is 0.377. The zero-order valence-electron chi connectivity index (χ0n) is 9.75. The quantitative estimate of drug-likeness (QED) is 0.818. The van der Waals surface area contributed by atoms with Crippen molar-refractivity contribution in [2.75, 3.05) is 0 Å². The lowest BCUT2D eigenvalue weighted by Crippen LogP contribution is -2.24. The van der Waals surface area contributed by atoms with Crippen molar-refractivity contribution in [1.82, 2.24) is 24.5 Å². The van der Waals surface area contributed by atoms with Crippen LogP contribution in [0.15, 0.2) is 18.7 Å². The van der Waals surface area contributed by atoms with Gasteiger partial charge in [0.15, 0.2) is 0 Å². The van der Waals surface area contributed by atoms with Gasteiger partial charge in [0.25, 0.3) is 0 Å². The molecule has 0 spiro atoms. The summed E-state index contributed by atoms with van der Waals surface area (Å²) in [4.78, 5) is 16.0. The molecule has 0 bridgehead atoms. The minimum atomic E-state index is -0.392. The molecular weight excluding hydrogens is 242 g/mol. The Morgan fingerprint density at radius 1 is 1.24 bits per heavy atom. The smallest absolute Gasteiger partial charge is 0.323 e. The Labute approximate surface area is 104 Å². The summed E-state index contributed by atoms with van der Waals surface area (Å²) in [6.45, 7) is 5.71. The van der Waals surface area contributed by atoms with Crippen LogP contribution in [0.25, 0.3) is 5.95 Å². The van der Waals surface area contributed by atoms with E-state index >= 15 is 0 Å². The lowest BCUT2D eigenvalue weighted by atomic mass is 10.2. The van der Waals surface area contributed by atoms with Gasteiger partial charge in [0.2, 0.25) is 11.2 Å². The van der Waals surface area contributed by atoms with Crippen LogP contribution < -0.4 is 4.74 Å². The molecule has 0 fully saturated rings. The van der Waals surface area contributed by atoms with E-state index in [1.165, 1.54) is 0 Å². The van der Waals surface area contributed by atoms with E-state index in [1.54, 1.807) is 23.3 Å². The molecule has 0 amide bonds. The molecule has 90 valence electrons. The molecule has 6 nitrogen and oxygen atoms in total. The molecule has 0 saturated heterocycles. The third-order valence-electron chi connectivity index (χ3n) is 1.71. The van der Waals surface area contributed by atoms with Crippen LogP contribution in [0.4, 0.5) is 0 Å². The van der Waals surface area contributed by atoms with E-state index in [-0.39, 0.29) is 11.3 Å². The first-order chi connectivity index (χ1) is 7.94. The maximum atomic E-state index is 5.82. The molecule has 2 heterocycles. The molecule has 0 aliphatic rings. The zero-order chi connectivity index (χ0) is 12.5. The molecule has 2 aromatic heterocycles. The van der Waals surface area contributed by atoms with Crippen molar-refractivity contribution in [3.8, 4) is 12.0 Å². The van der Waals surface area contributed by atoms with Crippen molar-refractivity contribution in [3.05, 3.63) is 24.0 Å². The number of imidazole rings is 1. The Balaban J connectivity index is 2.36. The fraction of sp³-hybridized carbons (Fsp3) is 0.400. The molecular formula is C10H12ClN5O. The zero-order valence-corrected chi connectivity index (χ0v) is 10.5. The monoisotopic (exact) mass is 253 g/mol. The first-order valence-corrected chi connectivity index (χ1v) is 5.41. The standard InChI is InChI=1S/C10H12ClN5O/c1-10(2,3)17-9-14-7(11)13-8(15-9)16-5-4-12-6-16/h4-6H,1-3H3. The Kier molecular flexibility index (Phi) is 2.97. The topological polar surface area (TPSA) is 65.7 Å². The molecule has 7 heteroatoms. The van der Waals surface area contributed by atoms with Crippen LogP contribution in [0.1, 0.15) is 20.8 Å². The molecule has 0 N–H and O–H groups in total. The second kappa shape index (κ2) is 4.29. The second-order valence-electron chi connectivity index (χ2n) is 4.37. The Morgan fingerprint density at radius 2 is 2.00 bits per heavy atom. The highest BCUT2D eigenvalue weighted by Gasteiger charge is 2.16. The van der Waals surface area contributed by atoms with E-state index in [0.29, 0.717) is 5.95 Å². The van der Waals surface area contributed by atoms with Gasteiger partial charge in [0, 0.05) is 12.4 Å². The van der Waals surface area contributed by atoms with Crippen molar-refractivity contribution in [2.45, 2.75) is 26.4 Å². The van der Waals surface area contributed by atoms with E-state index in [9.17, 15) is 0 Å². The summed E-state index contributed by atoms with van der Waals surface area (Å²) in [5, 5.41) is 0.0861. The van der Waals surface area contributed by atoms with Gasteiger partial charge in [-0.3, -0.25) is 4.57 Å². The van der Waals surface area contributed by atoms with Gasteiger partial charge in [0.1, 0.15) is 11.9 Å². The number of nitrogens with zero attached hydrogens (tertiary/aromatic N) is 5. The largest absolute Gasteiger partial charge is 0.458 e. The molecule has 0 unspecified atom stereocenters. The fourth-order valence-corrected chi connectivity index (χ4v) is 1.28. The number of hydrogen-bond donors (Lipinski definition) is 0. The molecule has 0 aliphatic heterocycles. The number of halogens is 1. The van der Waals surface area contributed by atoms with E-state index in [1.807, 2.05) is 20.8 Å². The highest BCUT2D eigenvalue weighted by Crippen LogP contribution is 2.16. The summed E-state index contributed by atoms with van der Waals surface area (Å²) in [6, 6.07) is 0.196. The normalized spacial score (nSPS) is 11.5. The molecule has 2 rings (SSSR count). The molecule has 0 atom stereocenters. The van der Waals surface area contributed by atoms with Crippen molar-refractivity contribution in [2.24, 2.45) is 0 Å². The first-order valence-electron chi connectivity index (χ1n) is 5.03. The van der Waals surface area contributed by atoms with E-state index in [4.69, 9.17) is 16.3 Å². The summed E-state index contributed by atoms with van der Waals surface area (Å²) in [7, 11) is 0. The average Bonchev–Trinajstić information content (AvgIpc) is 2.65. The summed E-state index contributed by atoms with van der Waals surface area (Å²) >= 11 is 5.82. The molecule has 0 aromatic carbocycles. The highest BCUT2D eigenvalue weighted by molar-refractivity contribution is 6.28. The fourth-order valence-electron chi connectivity index (χ4n) is 1.13. The van der Waals surface area contributed by atoms with Gasteiger partial charge in [-0.25, -0.2) is 4.98 Å². The van der Waals surface area contributed by atoms with Crippen molar-refractivity contribution in [1.29, 1.82) is 0 Å². The SMILES string of the molecule is CC(C)(C)Oc1nc(Cl)nc(-n2ccnc2)n1. The van der Waals surface area contributed by atoms with Crippen molar-refractivity contribution in [3.63, 3.8) is 0 Å². The van der Waals surface area contributed by atoms with Gasteiger partial charge in [-0.15, -0.1) is 0 Å². The molecule has 0 saturated carbocycles. The number of aromatic nitrogens is 5. The number of hydrogen-bond acceptors (Lipinski definition) is 5. The van der Waals surface area contributed by atoms with Crippen LogP contribution in [-0.4, -0.2) is 30.1 Å². The molecule has 2 aromatic rings. The van der Waals surface area contributed by atoms with Crippen molar-refractivity contribution < 1.29 is 4.74 Å². The van der Waals surface area contributed by atoms with Crippen LogP contribution >= 0.6 is 11.6 Å². The van der Waals surface area contributed by atoms with E-state index in [0.717, 1.165) is 0 Å². The first kappa shape index (κ1) is 11.8. The average molecular weight is 254 g/mol. The van der Waals surface area contributed by atoms with Crippen molar-refractivity contribution >= 4 is 11.6 Å². The van der Waals surface area contributed by atoms with Gasteiger partial charge in [-0.1, -0.05) is 0 Å². The molecule has 17 heavy (non-hydrogen) atoms. The molecule has 0 aliphatic carbocycles. The third-order valence-corrected chi connectivity index (χ3v) is 1.88. The maximum Gasteiger partial charge on any atom is 0.323 e. The van der Waals surface area contributed by atoms with Gasteiger partial charge in [-0.05, 0) is 32.4 Å². The van der Waals surface area contributed by atoms with E-state index < -0.39 is 5.60 Å². The Hall–Kier alpha value is -1.69. The second-order valence-corrected chi connectivity index (χ2v) is 4.71. The van der Waals surface area contributed by atoms with E-state index in [2.05, 4.69) is 19.9 Å². The maximum absolute atomic E-state index is 5.82. The molecule has 0 radical (unpaired) electrons. The number of ether oxygens (including phenoxy) is 1. The predicted octanol–water partition coefficient (Wildman–Crippen LogP) is 1.89. The van der Waals surface area contributed by atoms with Gasteiger partial charge >= 0.3 is 6.01 Å². The van der Waals surface area contributed by atoms with Crippen LogP contribution in [0, 0.1) is 0 Å². The van der Waals surface area contributed by atoms with Crippen LogP contribution in [0.5, 0.6) is 6.01 Å². The summed E-state index contributed by atoms with van der Waals surface area (Å²) < 4.78 is 7.17. The lowest BCUT2D eigenvalue weighted by molar-refractivity contribution is 0.116. The predicted molar refractivity (Wildman–Crippen MR) is 62.3 cm³/mol. The third kappa shape index (κ3) is 3.13. The minimum Gasteiger partial charge on any atom is -0.458 e. The van der Waals surface area contributed by atoms with Gasteiger partial charge < -0.3 is 4.74 Å². The van der Waals surface area contributed by atoms with Crippen LogP contribution in [0.2, 0.25) is 5.28 Å². The number of rotatable bonds is 2. The minimum absolute atomic E-state index is 0.0861.